The molecule has 0 bridgehead atoms. The molecule has 0 radical (unpaired) electrons. The van der Waals surface area contributed by atoms with Crippen LogP contribution in [-0.4, -0.2) is 11.3 Å². The second-order valence-electron chi connectivity index (χ2n) is 3.30. The van der Waals surface area contributed by atoms with Crippen molar-refractivity contribution in [2.24, 2.45) is 10.8 Å². The van der Waals surface area contributed by atoms with Crippen LogP contribution < -0.4 is 11.2 Å². The highest BCUT2D eigenvalue weighted by Crippen LogP contribution is 2.20. The molecule has 0 fully saturated rings. The Morgan fingerprint density at radius 2 is 1.89 bits per heavy atom. The molecular weight excluding hydrogens is 258 g/mol. The summed E-state index contributed by atoms with van der Waals surface area (Å²) in [6, 6.07) is 13.5. The summed E-state index contributed by atoms with van der Waals surface area (Å²) in [6.07, 6.45) is 1.52. The number of nitrogens with two attached hydrogens (primary N) is 1. The summed E-state index contributed by atoms with van der Waals surface area (Å²) in [4.78, 5) is 0. The van der Waals surface area contributed by atoms with Crippen LogP contribution in [0, 0.1) is 0 Å². The molecule has 100 valence electrons. The van der Waals surface area contributed by atoms with E-state index in [0.717, 1.165) is 11.3 Å². The molecule has 0 unspecified atom stereocenters. The minimum Gasteiger partial charge on any atom is -0.455 e. The summed E-state index contributed by atoms with van der Waals surface area (Å²) in [5.74, 6) is 1.43. The zero-order valence-corrected chi connectivity index (χ0v) is 11.8. The highest BCUT2D eigenvalue weighted by molar-refractivity contribution is 7.80. The minimum atomic E-state index is 0.121. The number of hydrogen-bond donors (Lipinski definition) is 2. The molecule has 0 saturated heterocycles. The Hall–Kier alpha value is -2.14. The molecule has 0 atom stereocenters. The van der Waals surface area contributed by atoms with Crippen LogP contribution in [0.4, 0.5) is 0 Å². The molecule has 2 rings (SSSR count). The third-order valence-electron chi connectivity index (χ3n) is 2.05. The number of hydrogen-bond acceptors (Lipinski definition) is 3. The second kappa shape index (κ2) is 8.05. The van der Waals surface area contributed by atoms with Gasteiger partial charge in [0, 0.05) is 5.56 Å². The van der Waals surface area contributed by atoms with Gasteiger partial charge in [0.2, 0.25) is 0 Å². The Morgan fingerprint density at radius 1 is 1.21 bits per heavy atom. The number of benzene rings is 1. The molecule has 1 heterocycles. The van der Waals surface area contributed by atoms with Crippen molar-refractivity contribution in [3.63, 3.8) is 0 Å². The fraction of sp³-hybridized carbons (Fsp3) is 0.143. The van der Waals surface area contributed by atoms with Crippen molar-refractivity contribution in [2.75, 3.05) is 0 Å². The lowest BCUT2D eigenvalue weighted by atomic mass is 10.2. The largest absolute Gasteiger partial charge is 0.455 e. The maximum atomic E-state index is 5.58. The van der Waals surface area contributed by atoms with Crippen LogP contribution in [0.25, 0.3) is 11.3 Å². The van der Waals surface area contributed by atoms with Gasteiger partial charge in [-0.1, -0.05) is 44.2 Å². The molecule has 1 aromatic carbocycles. The van der Waals surface area contributed by atoms with Crippen molar-refractivity contribution in [1.29, 1.82) is 0 Å². The normalized spacial score (nSPS) is 9.79. The summed E-state index contributed by atoms with van der Waals surface area (Å²) in [7, 11) is 0. The SMILES string of the molecule is CC.NC(=S)N/N=C/c1ccc(-c2ccccc2)o1. The smallest absolute Gasteiger partial charge is 0.184 e. The predicted molar refractivity (Wildman–Crippen MR) is 83.0 cm³/mol. The van der Waals surface area contributed by atoms with Crippen molar-refractivity contribution in [2.45, 2.75) is 13.8 Å². The van der Waals surface area contributed by atoms with Crippen molar-refractivity contribution in [1.82, 2.24) is 5.43 Å². The lowest BCUT2D eigenvalue weighted by Gasteiger charge is -1.95. The van der Waals surface area contributed by atoms with Gasteiger partial charge in [0.1, 0.15) is 11.5 Å². The number of nitrogens with zero attached hydrogens (tertiary/aromatic N) is 1. The van der Waals surface area contributed by atoms with Crippen molar-refractivity contribution >= 4 is 23.5 Å². The summed E-state index contributed by atoms with van der Waals surface area (Å²) < 4.78 is 5.58. The quantitative estimate of drug-likeness (QED) is 0.513. The molecule has 3 N–H and O–H groups in total. The van der Waals surface area contributed by atoms with E-state index in [1.807, 2.05) is 56.3 Å². The first-order valence-corrected chi connectivity index (χ1v) is 6.40. The lowest BCUT2D eigenvalue weighted by molar-refractivity contribution is 0.574. The van der Waals surface area contributed by atoms with Gasteiger partial charge >= 0.3 is 0 Å². The highest BCUT2D eigenvalue weighted by Gasteiger charge is 2.01. The van der Waals surface area contributed by atoms with Gasteiger partial charge < -0.3 is 10.2 Å². The molecular formula is C14H17N3OS. The number of hydrazone groups is 1. The van der Waals surface area contributed by atoms with Gasteiger partial charge in [-0.05, 0) is 24.4 Å². The van der Waals surface area contributed by atoms with Gasteiger partial charge in [0.05, 0.1) is 6.21 Å². The zero-order chi connectivity index (χ0) is 14.1. The molecule has 2 aromatic rings. The van der Waals surface area contributed by atoms with Crippen molar-refractivity contribution < 1.29 is 4.42 Å². The van der Waals surface area contributed by atoms with E-state index in [1.165, 1.54) is 6.21 Å². The van der Waals surface area contributed by atoms with Crippen LogP contribution in [0.2, 0.25) is 0 Å². The Labute approximate surface area is 118 Å². The monoisotopic (exact) mass is 275 g/mol. The topological polar surface area (TPSA) is 63.5 Å². The Morgan fingerprint density at radius 3 is 2.53 bits per heavy atom. The molecule has 0 saturated carbocycles. The Kier molecular flexibility index (Phi) is 6.32. The van der Waals surface area contributed by atoms with Crippen LogP contribution in [0.3, 0.4) is 0 Å². The molecule has 4 nitrogen and oxygen atoms in total. The van der Waals surface area contributed by atoms with Gasteiger partial charge in [-0.25, -0.2) is 0 Å². The third kappa shape index (κ3) is 4.93. The van der Waals surface area contributed by atoms with E-state index in [-0.39, 0.29) is 5.11 Å². The molecule has 5 heteroatoms. The van der Waals surface area contributed by atoms with E-state index in [1.54, 1.807) is 0 Å². The summed E-state index contributed by atoms with van der Waals surface area (Å²) in [5, 5.41) is 3.93. The first kappa shape index (κ1) is 14.9. The molecule has 0 aliphatic carbocycles. The van der Waals surface area contributed by atoms with Crippen LogP contribution in [0.15, 0.2) is 52.0 Å². The molecule has 0 amide bonds. The van der Waals surface area contributed by atoms with Crippen LogP contribution in [-0.2, 0) is 0 Å². The summed E-state index contributed by atoms with van der Waals surface area (Å²) in [5.41, 5.74) is 8.71. The van der Waals surface area contributed by atoms with Crippen LogP contribution >= 0.6 is 12.2 Å². The number of thiocarbonyl (C=S) groups is 1. The molecule has 0 aliphatic rings. The second-order valence-corrected chi connectivity index (χ2v) is 3.74. The van der Waals surface area contributed by atoms with E-state index in [0.29, 0.717) is 5.76 Å². The maximum Gasteiger partial charge on any atom is 0.184 e. The molecule has 0 spiro atoms. The maximum absolute atomic E-state index is 5.58. The fourth-order valence-electron chi connectivity index (χ4n) is 1.34. The van der Waals surface area contributed by atoms with Gasteiger partial charge in [-0.15, -0.1) is 0 Å². The highest BCUT2D eigenvalue weighted by atomic mass is 32.1. The van der Waals surface area contributed by atoms with E-state index in [9.17, 15) is 0 Å². The van der Waals surface area contributed by atoms with Gasteiger partial charge in [0.15, 0.2) is 5.11 Å². The standard InChI is InChI=1S/C12H11N3OS.C2H6/c13-12(17)15-14-8-10-6-7-11(16-10)9-4-2-1-3-5-9;1-2/h1-8H,(H3,13,15,17);1-2H3/b14-8+;. The van der Waals surface area contributed by atoms with Crippen LogP contribution in [0.1, 0.15) is 19.6 Å². The fourth-order valence-corrected chi connectivity index (χ4v) is 1.39. The zero-order valence-electron chi connectivity index (χ0n) is 11.0. The minimum absolute atomic E-state index is 0.121. The number of nitrogens with one attached hydrogen (secondary N) is 1. The molecule has 0 aliphatic heterocycles. The number of rotatable bonds is 3. The number of furan rings is 1. The average Bonchev–Trinajstić information content (AvgIpc) is 2.90. The summed E-state index contributed by atoms with van der Waals surface area (Å²) in [6.45, 7) is 4.00. The Balaban J connectivity index is 0.000000861. The Bertz CT molecular complexity index is 535. The van der Waals surface area contributed by atoms with Gasteiger partial charge in [0.25, 0.3) is 0 Å². The van der Waals surface area contributed by atoms with E-state index >= 15 is 0 Å². The summed E-state index contributed by atoms with van der Waals surface area (Å²) >= 11 is 4.62. The van der Waals surface area contributed by atoms with Crippen LogP contribution in [0.5, 0.6) is 0 Å². The van der Waals surface area contributed by atoms with E-state index < -0.39 is 0 Å². The van der Waals surface area contributed by atoms with Crippen molar-refractivity contribution in [3.05, 3.63) is 48.2 Å². The predicted octanol–water partition coefficient (Wildman–Crippen LogP) is 3.14. The average molecular weight is 275 g/mol. The lowest BCUT2D eigenvalue weighted by Crippen LogP contribution is -2.23. The first-order chi connectivity index (χ1) is 9.25. The first-order valence-electron chi connectivity index (χ1n) is 5.99. The van der Waals surface area contributed by atoms with Gasteiger partial charge in [-0.3, -0.25) is 5.43 Å². The molecule has 1 aromatic heterocycles. The third-order valence-corrected chi connectivity index (χ3v) is 2.14. The van der Waals surface area contributed by atoms with E-state index in [4.69, 9.17) is 10.2 Å². The molecule has 19 heavy (non-hydrogen) atoms. The van der Waals surface area contributed by atoms with Crippen molar-refractivity contribution in [3.8, 4) is 11.3 Å². The van der Waals surface area contributed by atoms with E-state index in [2.05, 4.69) is 22.7 Å². The van der Waals surface area contributed by atoms with Gasteiger partial charge in [-0.2, -0.15) is 5.10 Å².